The van der Waals surface area contributed by atoms with Crippen molar-refractivity contribution in [1.29, 1.82) is 0 Å². The van der Waals surface area contributed by atoms with Gasteiger partial charge < -0.3 is 29.9 Å². The zero-order valence-electron chi connectivity index (χ0n) is 15.2. The number of nitrogens with one attached hydrogen (secondary N) is 1. The van der Waals surface area contributed by atoms with Crippen LogP contribution < -0.4 is 14.8 Å². The maximum atomic E-state index is 12.6. The fourth-order valence-corrected chi connectivity index (χ4v) is 3.19. The third-order valence-electron chi connectivity index (χ3n) is 4.75. The van der Waals surface area contributed by atoms with Gasteiger partial charge in [-0.25, -0.2) is 4.79 Å². The Morgan fingerprint density at radius 2 is 1.56 bits per heavy atom. The van der Waals surface area contributed by atoms with Gasteiger partial charge in [0.1, 0.15) is 0 Å². The number of hydrogen-bond acceptors (Lipinski definition) is 5. The lowest BCUT2D eigenvalue weighted by Crippen LogP contribution is -2.33. The SMILES string of the molecule is COc1ccccc1Oc1ccccc1NC(=O)N1C[C@@H](CO)[C@H](CO)C1. The van der Waals surface area contributed by atoms with Crippen molar-refractivity contribution in [2.24, 2.45) is 11.8 Å². The van der Waals surface area contributed by atoms with E-state index in [1.54, 1.807) is 36.3 Å². The second-order valence-corrected chi connectivity index (χ2v) is 6.47. The van der Waals surface area contributed by atoms with Crippen LogP contribution in [-0.4, -0.2) is 54.6 Å². The second kappa shape index (κ2) is 8.75. The average Bonchev–Trinajstić information content (AvgIpc) is 3.13. The van der Waals surface area contributed by atoms with Crippen LogP contribution in [0.5, 0.6) is 17.2 Å². The molecule has 7 heteroatoms. The topological polar surface area (TPSA) is 91.3 Å². The van der Waals surface area contributed by atoms with E-state index < -0.39 is 0 Å². The van der Waals surface area contributed by atoms with Crippen LogP contribution in [0, 0.1) is 11.8 Å². The van der Waals surface area contributed by atoms with Crippen molar-refractivity contribution in [3.63, 3.8) is 0 Å². The van der Waals surface area contributed by atoms with Gasteiger partial charge in [-0.1, -0.05) is 24.3 Å². The molecule has 2 aromatic carbocycles. The molecule has 3 N–H and O–H groups in total. The van der Waals surface area contributed by atoms with E-state index in [1.807, 2.05) is 24.3 Å². The van der Waals surface area contributed by atoms with E-state index in [1.165, 1.54) is 0 Å². The van der Waals surface area contributed by atoms with Gasteiger partial charge in [-0.15, -0.1) is 0 Å². The minimum atomic E-state index is -0.291. The fraction of sp³-hybridized carbons (Fsp3) is 0.350. The molecule has 144 valence electrons. The van der Waals surface area contributed by atoms with E-state index >= 15 is 0 Å². The van der Waals surface area contributed by atoms with Gasteiger partial charge in [0.25, 0.3) is 0 Å². The zero-order chi connectivity index (χ0) is 19.2. The minimum Gasteiger partial charge on any atom is -0.493 e. The van der Waals surface area contributed by atoms with E-state index in [0.29, 0.717) is 36.0 Å². The number of carbonyl (C=O) groups excluding carboxylic acids is 1. The van der Waals surface area contributed by atoms with Gasteiger partial charge in [0.05, 0.1) is 12.8 Å². The fourth-order valence-electron chi connectivity index (χ4n) is 3.19. The molecule has 2 aromatic rings. The number of rotatable bonds is 6. The molecular weight excluding hydrogens is 348 g/mol. The summed E-state index contributed by atoms with van der Waals surface area (Å²) >= 11 is 0. The summed E-state index contributed by atoms with van der Waals surface area (Å²) in [6.07, 6.45) is 0. The lowest BCUT2D eigenvalue weighted by molar-refractivity contribution is 0.152. The summed E-state index contributed by atoms with van der Waals surface area (Å²) in [4.78, 5) is 14.2. The van der Waals surface area contributed by atoms with Crippen LogP contribution >= 0.6 is 0 Å². The van der Waals surface area contributed by atoms with Gasteiger partial charge in [0.2, 0.25) is 0 Å². The number of likely N-dealkylation sites (tertiary alicyclic amines) is 1. The van der Waals surface area contributed by atoms with E-state index in [9.17, 15) is 15.0 Å². The minimum absolute atomic E-state index is 0.0531. The third kappa shape index (κ3) is 4.32. The molecule has 7 nitrogen and oxygen atoms in total. The standard InChI is InChI=1S/C20H24N2O5/c1-26-18-8-4-5-9-19(18)27-17-7-3-2-6-16(17)21-20(25)22-10-14(12-23)15(11-22)13-24/h2-9,14-15,23-24H,10-13H2,1H3,(H,21,25)/t14-,15-/m0/s1. The molecule has 1 aliphatic rings. The smallest absolute Gasteiger partial charge is 0.321 e. The molecule has 0 unspecified atom stereocenters. The highest BCUT2D eigenvalue weighted by atomic mass is 16.5. The molecule has 0 spiro atoms. The molecule has 0 bridgehead atoms. The predicted octanol–water partition coefficient (Wildman–Crippen LogP) is 2.55. The molecule has 0 saturated carbocycles. The maximum absolute atomic E-state index is 12.6. The Morgan fingerprint density at radius 1 is 1.00 bits per heavy atom. The van der Waals surface area contributed by atoms with Gasteiger partial charge in [0.15, 0.2) is 17.2 Å². The molecule has 2 amide bonds. The van der Waals surface area contributed by atoms with Gasteiger partial charge in [0, 0.05) is 38.1 Å². The quantitative estimate of drug-likeness (QED) is 0.725. The molecule has 0 aliphatic carbocycles. The Kier molecular flexibility index (Phi) is 6.16. The van der Waals surface area contributed by atoms with Crippen LogP contribution in [-0.2, 0) is 0 Å². The second-order valence-electron chi connectivity index (χ2n) is 6.47. The number of aliphatic hydroxyl groups excluding tert-OH is 2. The summed E-state index contributed by atoms with van der Waals surface area (Å²) < 4.78 is 11.2. The van der Waals surface area contributed by atoms with Crippen LogP contribution in [0.3, 0.4) is 0 Å². The van der Waals surface area contributed by atoms with Crippen LogP contribution in [0.15, 0.2) is 48.5 Å². The number of amides is 2. The first-order valence-electron chi connectivity index (χ1n) is 8.83. The van der Waals surface area contributed by atoms with Gasteiger partial charge in [-0.05, 0) is 24.3 Å². The number of hydrogen-bond donors (Lipinski definition) is 3. The number of urea groups is 1. The molecule has 2 atom stereocenters. The highest BCUT2D eigenvalue weighted by molar-refractivity contribution is 5.91. The number of aliphatic hydroxyl groups is 2. The first-order chi connectivity index (χ1) is 13.2. The number of ether oxygens (including phenoxy) is 2. The molecule has 1 heterocycles. The molecule has 1 fully saturated rings. The molecule has 0 aromatic heterocycles. The van der Waals surface area contributed by atoms with E-state index in [0.717, 1.165) is 0 Å². The summed E-state index contributed by atoms with van der Waals surface area (Å²) in [7, 11) is 1.57. The maximum Gasteiger partial charge on any atom is 0.321 e. The van der Waals surface area contributed by atoms with Crippen molar-refractivity contribution in [1.82, 2.24) is 4.90 Å². The van der Waals surface area contributed by atoms with Gasteiger partial charge in [-0.3, -0.25) is 0 Å². The zero-order valence-corrected chi connectivity index (χ0v) is 15.2. The van der Waals surface area contributed by atoms with Crippen LogP contribution in [0.4, 0.5) is 10.5 Å². The van der Waals surface area contributed by atoms with Crippen LogP contribution in [0.25, 0.3) is 0 Å². The van der Waals surface area contributed by atoms with Gasteiger partial charge >= 0.3 is 6.03 Å². The summed E-state index contributed by atoms with van der Waals surface area (Å²) in [5.74, 6) is 1.41. The highest BCUT2D eigenvalue weighted by Gasteiger charge is 2.34. The first kappa shape index (κ1) is 19.0. The molecule has 1 saturated heterocycles. The van der Waals surface area contributed by atoms with Crippen LogP contribution in [0.1, 0.15) is 0 Å². The van der Waals surface area contributed by atoms with Crippen molar-refractivity contribution in [3.05, 3.63) is 48.5 Å². The molecule has 27 heavy (non-hydrogen) atoms. The number of nitrogens with zero attached hydrogens (tertiary/aromatic N) is 1. The highest BCUT2D eigenvalue weighted by Crippen LogP contribution is 2.35. The van der Waals surface area contributed by atoms with Gasteiger partial charge in [-0.2, -0.15) is 0 Å². The average molecular weight is 372 g/mol. The Morgan fingerprint density at radius 3 is 2.15 bits per heavy atom. The molecule has 3 rings (SSSR count). The Hall–Kier alpha value is -2.77. The number of carbonyl (C=O) groups is 1. The van der Waals surface area contributed by atoms with Crippen molar-refractivity contribution in [2.45, 2.75) is 0 Å². The molecule has 0 radical (unpaired) electrons. The normalized spacial score (nSPS) is 19.0. The lowest BCUT2D eigenvalue weighted by Gasteiger charge is -2.19. The monoisotopic (exact) mass is 372 g/mol. The summed E-state index contributed by atoms with van der Waals surface area (Å²) in [5, 5.41) is 21.7. The van der Waals surface area contributed by atoms with Crippen molar-refractivity contribution >= 4 is 11.7 Å². The number of para-hydroxylation sites is 4. The Bertz CT molecular complexity index is 770. The Balaban J connectivity index is 1.74. The Labute approximate surface area is 158 Å². The summed E-state index contributed by atoms with van der Waals surface area (Å²) in [5.41, 5.74) is 0.529. The van der Waals surface area contributed by atoms with Crippen molar-refractivity contribution in [3.8, 4) is 17.2 Å². The van der Waals surface area contributed by atoms with Crippen molar-refractivity contribution in [2.75, 3.05) is 38.7 Å². The number of benzene rings is 2. The van der Waals surface area contributed by atoms with Crippen LogP contribution in [0.2, 0.25) is 0 Å². The predicted molar refractivity (Wildman–Crippen MR) is 101 cm³/mol. The number of methoxy groups -OCH3 is 1. The molecule has 1 aliphatic heterocycles. The van der Waals surface area contributed by atoms with E-state index in [2.05, 4.69) is 5.32 Å². The summed E-state index contributed by atoms with van der Waals surface area (Å²) in [6.45, 7) is 0.706. The largest absolute Gasteiger partial charge is 0.493 e. The van der Waals surface area contributed by atoms with E-state index in [4.69, 9.17) is 9.47 Å². The number of anilines is 1. The third-order valence-corrected chi connectivity index (χ3v) is 4.75. The lowest BCUT2D eigenvalue weighted by atomic mass is 9.98. The van der Waals surface area contributed by atoms with E-state index in [-0.39, 0.29) is 31.1 Å². The van der Waals surface area contributed by atoms with Crippen molar-refractivity contribution < 1.29 is 24.5 Å². The first-order valence-corrected chi connectivity index (χ1v) is 8.83. The molecular formula is C20H24N2O5. The summed E-state index contributed by atoms with van der Waals surface area (Å²) in [6, 6.07) is 14.1.